The Balaban J connectivity index is 2.37. The van der Waals surface area contributed by atoms with E-state index in [1.165, 1.54) is 13.0 Å². The minimum absolute atomic E-state index is 0.0185. The van der Waals surface area contributed by atoms with Gasteiger partial charge in [0, 0.05) is 0 Å². The summed E-state index contributed by atoms with van der Waals surface area (Å²) in [5, 5.41) is -0.414. The summed E-state index contributed by atoms with van der Waals surface area (Å²) in [5.41, 5.74) is -0.455. The number of ether oxygens (including phenoxy) is 1. The summed E-state index contributed by atoms with van der Waals surface area (Å²) in [6.07, 6.45) is -2.78. The van der Waals surface area contributed by atoms with Crippen LogP contribution in [0.15, 0.2) is 36.4 Å². The molecule has 0 aliphatic carbocycles. The summed E-state index contributed by atoms with van der Waals surface area (Å²) in [7, 11) is 0. The molecule has 0 bridgehead atoms. The van der Waals surface area contributed by atoms with Gasteiger partial charge in [0.1, 0.15) is 11.6 Å². The molecule has 28 heavy (non-hydrogen) atoms. The Bertz CT molecular complexity index is 883. The molecule has 0 saturated heterocycles. The molecule has 2 nitrogen and oxygen atoms in total. The molecule has 0 amide bonds. The van der Waals surface area contributed by atoms with Crippen LogP contribution in [0.1, 0.15) is 39.9 Å². The predicted molar refractivity (Wildman–Crippen MR) is 96.3 cm³/mol. The number of allylic oxidation sites excluding steroid dienone is 1. The van der Waals surface area contributed by atoms with Gasteiger partial charge in [-0.3, -0.25) is 0 Å². The number of carbonyl (C=O) groups is 1. The highest BCUT2D eigenvalue weighted by Gasteiger charge is 2.39. The minimum atomic E-state index is -4.67. The predicted octanol–water partition coefficient (Wildman–Crippen LogP) is 6.46. The smallest absolute Gasteiger partial charge is 0.399 e. The third kappa shape index (κ3) is 5.10. The van der Waals surface area contributed by atoms with Crippen molar-refractivity contribution >= 4 is 23.6 Å². The van der Waals surface area contributed by atoms with E-state index in [0.29, 0.717) is 0 Å². The first-order valence-corrected chi connectivity index (χ1v) is 8.59. The minimum Gasteiger partial charge on any atom is -0.462 e. The number of rotatable bonds is 5. The Morgan fingerprint density at radius 1 is 1.21 bits per heavy atom. The van der Waals surface area contributed by atoms with E-state index in [9.17, 15) is 26.7 Å². The lowest BCUT2D eigenvalue weighted by atomic mass is 9.95. The molecule has 0 spiro atoms. The average molecular weight is 419 g/mol. The Labute approximate surface area is 163 Å². The van der Waals surface area contributed by atoms with Crippen LogP contribution in [0.5, 0.6) is 0 Å². The largest absolute Gasteiger partial charge is 0.462 e. The molecule has 0 fully saturated rings. The van der Waals surface area contributed by atoms with Crippen molar-refractivity contribution in [2.45, 2.75) is 25.9 Å². The number of esters is 1. The second-order valence-corrected chi connectivity index (χ2v) is 6.38. The molecule has 0 N–H and O–H groups in total. The van der Waals surface area contributed by atoms with E-state index in [1.54, 1.807) is 6.92 Å². The van der Waals surface area contributed by atoms with E-state index in [1.807, 2.05) is 0 Å². The van der Waals surface area contributed by atoms with Crippen LogP contribution < -0.4 is 0 Å². The number of halogens is 6. The van der Waals surface area contributed by atoms with Gasteiger partial charge in [0.15, 0.2) is 0 Å². The molecule has 0 saturated carbocycles. The van der Waals surface area contributed by atoms with Crippen molar-refractivity contribution in [3.8, 4) is 0 Å². The van der Waals surface area contributed by atoms with Gasteiger partial charge in [-0.25, -0.2) is 13.6 Å². The van der Waals surface area contributed by atoms with Crippen LogP contribution in [0, 0.1) is 18.6 Å². The van der Waals surface area contributed by atoms with Gasteiger partial charge in [0.05, 0.1) is 23.1 Å². The van der Waals surface area contributed by atoms with Crippen LogP contribution in [0.25, 0.3) is 6.08 Å². The average Bonchev–Trinajstić information content (AvgIpc) is 2.58. The normalized spacial score (nSPS) is 13.0. The number of aryl methyl sites for hydroxylation is 1. The van der Waals surface area contributed by atoms with Crippen molar-refractivity contribution < 1.29 is 31.5 Å². The molecule has 1 unspecified atom stereocenters. The SMILES string of the molecule is CCOC(=O)c1ccc(/C=C/C(c2cc(C)c(F)c(Cl)c2)C(F)(F)F)cc1F. The summed E-state index contributed by atoms with van der Waals surface area (Å²) in [4.78, 5) is 11.6. The maximum atomic E-state index is 14.0. The number of hydrogen-bond donors (Lipinski definition) is 0. The van der Waals surface area contributed by atoms with Gasteiger partial charge in [0.25, 0.3) is 0 Å². The van der Waals surface area contributed by atoms with Gasteiger partial charge < -0.3 is 4.74 Å². The van der Waals surface area contributed by atoms with E-state index in [0.717, 1.165) is 36.4 Å². The molecule has 0 aromatic heterocycles. The molecular weight excluding hydrogens is 403 g/mol. The van der Waals surface area contributed by atoms with Crippen molar-refractivity contribution in [1.82, 2.24) is 0 Å². The fraction of sp³-hybridized carbons (Fsp3) is 0.250. The van der Waals surface area contributed by atoms with Gasteiger partial charge >= 0.3 is 12.1 Å². The summed E-state index contributed by atoms with van der Waals surface area (Å²) < 4.78 is 72.8. The van der Waals surface area contributed by atoms with Crippen molar-refractivity contribution in [1.29, 1.82) is 0 Å². The van der Waals surface area contributed by atoms with Crippen LogP contribution >= 0.6 is 11.6 Å². The first kappa shape index (κ1) is 21.9. The molecule has 0 aliphatic heterocycles. The van der Waals surface area contributed by atoms with Crippen LogP contribution in [0.3, 0.4) is 0 Å². The van der Waals surface area contributed by atoms with E-state index in [2.05, 4.69) is 0 Å². The highest BCUT2D eigenvalue weighted by atomic mass is 35.5. The van der Waals surface area contributed by atoms with E-state index < -0.39 is 34.7 Å². The summed E-state index contributed by atoms with van der Waals surface area (Å²) in [5.74, 6) is -4.63. The Morgan fingerprint density at radius 3 is 2.43 bits per heavy atom. The Hall–Kier alpha value is -2.41. The maximum Gasteiger partial charge on any atom is 0.399 e. The molecule has 0 heterocycles. The highest BCUT2D eigenvalue weighted by Crippen LogP contribution is 2.38. The molecule has 8 heteroatoms. The fourth-order valence-corrected chi connectivity index (χ4v) is 2.83. The van der Waals surface area contributed by atoms with Gasteiger partial charge in [-0.15, -0.1) is 0 Å². The first-order chi connectivity index (χ1) is 13.0. The zero-order valence-corrected chi connectivity index (χ0v) is 15.7. The number of hydrogen-bond acceptors (Lipinski definition) is 2. The second kappa shape index (κ2) is 8.73. The lowest BCUT2D eigenvalue weighted by Gasteiger charge is -2.18. The zero-order chi connectivity index (χ0) is 21.1. The monoisotopic (exact) mass is 418 g/mol. The zero-order valence-electron chi connectivity index (χ0n) is 14.9. The van der Waals surface area contributed by atoms with Crippen LogP contribution in [-0.4, -0.2) is 18.8 Å². The molecular formula is C20H16ClF5O2. The quantitative estimate of drug-likeness (QED) is 0.411. The number of alkyl halides is 3. The van der Waals surface area contributed by atoms with Gasteiger partial charge in [-0.2, -0.15) is 13.2 Å². The van der Waals surface area contributed by atoms with Crippen molar-refractivity contribution in [3.05, 3.63) is 75.3 Å². The molecule has 2 aromatic rings. The lowest BCUT2D eigenvalue weighted by Crippen LogP contribution is -2.19. The fourth-order valence-electron chi connectivity index (χ4n) is 2.56. The lowest BCUT2D eigenvalue weighted by molar-refractivity contribution is -0.139. The van der Waals surface area contributed by atoms with E-state index >= 15 is 0 Å². The van der Waals surface area contributed by atoms with Gasteiger partial charge in [-0.1, -0.05) is 35.9 Å². The third-order valence-corrected chi connectivity index (χ3v) is 4.19. The van der Waals surface area contributed by atoms with Crippen molar-refractivity contribution in [2.75, 3.05) is 6.61 Å². The van der Waals surface area contributed by atoms with Gasteiger partial charge in [-0.05, 0) is 48.7 Å². The summed E-state index contributed by atoms with van der Waals surface area (Å²) in [6.45, 7) is 2.94. The van der Waals surface area contributed by atoms with Crippen LogP contribution in [0.2, 0.25) is 5.02 Å². The molecule has 2 rings (SSSR count). The second-order valence-electron chi connectivity index (χ2n) is 5.97. The third-order valence-electron chi connectivity index (χ3n) is 3.91. The van der Waals surface area contributed by atoms with Crippen LogP contribution in [-0.2, 0) is 4.74 Å². The Kier molecular flexibility index (Phi) is 6.82. The number of benzene rings is 2. The molecule has 1 atom stereocenters. The van der Waals surface area contributed by atoms with Gasteiger partial charge in [0.2, 0.25) is 0 Å². The molecule has 150 valence electrons. The van der Waals surface area contributed by atoms with Crippen molar-refractivity contribution in [3.63, 3.8) is 0 Å². The summed E-state index contributed by atoms with van der Waals surface area (Å²) >= 11 is 5.66. The topological polar surface area (TPSA) is 26.3 Å². The highest BCUT2D eigenvalue weighted by molar-refractivity contribution is 6.30. The maximum absolute atomic E-state index is 14.0. The standard InChI is InChI=1S/C20H16ClF5O2/c1-3-28-19(27)14-6-4-12(9-17(14)22)5-7-15(20(24,25)26)13-8-11(2)18(23)16(21)10-13/h4-10,15H,3H2,1-2H3/b7-5+. The molecule has 0 radical (unpaired) electrons. The van der Waals surface area contributed by atoms with E-state index in [-0.39, 0.29) is 28.9 Å². The van der Waals surface area contributed by atoms with Crippen LogP contribution in [0.4, 0.5) is 22.0 Å². The first-order valence-electron chi connectivity index (χ1n) is 8.21. The molecule has 0 aliphatic rings. The molecule has 2 aromatic carbocycles. The number of carbonyl (C=O) groups excluding carboxylic acids is 1. The Morgan fingerprint density at radius 2 is 1.89 bits per heavy atom. The van der Waals surface area contributed by atoms with Crippen molar-refractivity contribution in [2.24, 2.45) is 0 Å². The summed E-state index contributed by atoms with van der Waals surface area (Å²) in [6, 6.07) is 5.33. The van der Waals surface area contributed by atoms with E-state index in [4.69, 9.17) is 16.3 Å².